The van der Waals surface area contributed by atoms with Gasteiger partial charge < -0.3 is 5.32 Å². The van der Waals surface area contributed by atoms with E-state index in [-0.39, 0.29) is 18.4 Å². The van der Waals surface area contributed by atoms with Gasteiger partial charge in [-0.25, -0.2) is 14.2 Å². The van der Waals surface area contributed by atoms with E-state index in [0.29, 0.717) is 53.3 Å². The summed E-state index contributed by atoms with van der Waals surface area (Å²) >= 11 is 5.83. The van der Waals surface area contributed by atoms with Gasteiger partial charge in [0.1, 0.15) is 5.82 Å². The molecule has 3 heterocycles. The Kier molecular flexibility index (Phi) is 6.99. The number of halogens is 3. The van der Waals surface area contributed by atoms with Crippen LogP contribution in [0.4, 0.5) is 13.6 Å². The molecule has 37 heavy (non-hydrogen) atoms. The average molecular weight is 518 g/mol. The van der Waals surface area contributed by atoms with Crippen LogP contribution in [0.25, 0.3) is 17.0 Å². The minimum Gasteiger partial charge on any atom is -0.333 e. The molecule has 4 aromatic rings. The third kappa shape index (κ3) is 5.24. The van der Waals surface area contributed by atoms with Crippen molar-refractivity contribution in [2.75, 3.05) is 13.1 Å². The fourth-order valence-electron chi connectivity index (χ4n) is 4.65. The predicted molar refractivity (Wildman–Crippen MR) is 138 cm³/mol. The second-order valence-corrected chi connectivity index (χ2v) is 9.24. The van der Waals surface area contributed by atoms with Crippen molar-refractivity contribution in [1.29, 1.82) is 5.26 Å². The lowest BCUT2D eigenvalue weighted by molar-refractivity contribution is 0.240. The number of carbonyl (C=O) groups is 1. The summed E-state index contributed by atoms with van der Waals surface area (Å²) in [6.07, 6.45) is 5.61. The van der Waals surface area contributed by atoms with Crippen LogP contribution in [0.2, 0.25) is 5.02 Å². The molecule has 0 bridgehead atoms. The van der Waals surface area contributed by atoms with Crippen LogP contribution in [-0.2, 0) is 19.5 Å². The van der Waals surface area contributed by atoms with Crippen LogP contribution in [0.1, 0.15) is 27.9 Å². The first-order chi connectivity index (χ1) is 17.9. The van der Waals surface area contributed by atoms with Crippen molar-refractivity contribution < 1.29 is 13.6 Å². The Labute approximate surface area is 217 Å². The quantitative estimate of drug-likeness (QED) is 0.346. The summed E-state index contributed by atoms with van der Waals surface area (Å²) in [7, 11) is 0. The van der Waals surface area contributed by atoms with Crippen molar-refractivity contribution in [2.45, 2.75) is 19.5 Å². The van der Waals surface area contributed by atoms with E-state index in [1.807, 2.05) is 6.08 Å². The van der Waals surface area contributed by atoms with E-state index in [9.17, 15) is 18.8 Å². The average Bonchev–Trinajstić information content (AvgIpc) is 3.21. The highest BCUT2D eigenvalue weighted by Crippen LogP contribution is 2.32. The molecule has 0 atom stereocenters. The maximum atomic E-state index is 14.1. The van der Waals surface area contributed by atoms with Gasteiger partial charge in [0, 0.05) is 60.5 Å². The topological polar surface area (TPSA) is 74.0 Å². The Morgan fingerprint density at radius 3 is 2.84 bits per heavy atom. The van der Waals surface area contributed by atoms with Gasteiger partial charge in [0.05, 0.1) is 17.1 Å². The number of amides is 1. The molecule has 0 saturated carbocycles. The number of nitrogens with zero attached hydrogens (tertiary/aromatic N) is 4. The van der Waals surface area contributed by atoms with E-state index in [1.54, 1.807) is 47.0 Å². The number of pyridine rings is 1. The number of rotatable bonds is 5. The molecule has 2 aromatic heterocycles. The van der Waals surface area contributed by atoms with Gasteiger partial charge in [0.15, 0.2) is 0 Å². The van der Waals surface area contributed by atoms with Crippen LogP contribution in [0.15, 0.2) is 60.8 Å². The third-order valence-corrected chi connectivity index (χ3v) is 6.65. The van der Waals surface area contributed by atoms with E-state index >= 15 is 0 Å². The SMILES string of the molecule is N#Cc1ccc2c(c1)c1c(n2C(=O)NCc2ccnc(F)c2)CCN(CC=Cc2ccc(Cl)cc2F)C1. The summed E-state index contributed by atoms with van der Waals surface area (Å²) in [5, 5.41) is 13.5. The van der Waals surface area contributed by atoms with Gasteiger partial charge in [-0.2, -0.15) is 9.65 Å². The number of carbonyl (C=O) groups excluding carboxylic acids is 1. The summed E-state index contributed by atoms with van der Waals surface area (Å²) in [5.74, 6) is -0.982. The molecular weight excluding hydrogens is 496 g/mol. The van der Waals surface area contributed by atoms with Crippen LogP contribution in [0.3, 0.4) is 0 Å². The van der Waals surface area contributed by atoms with E-state index in [0.717, 1.165) is 16.6 Å². The minimum atomic E-state index is -0.604. The molecule has 0 aliphatic carbocycles. The zero-order valence-electron chi connectivity index (χ0n) is 19.7. The number of nitrogens with one attached hydrogen (secondary N) is 1. The van der Waals surface area contributed by atoms with Crippen molar-refractivity contribution in [3.8, 4) is 6.07 Å². The molecule has 0 radical (unpaired) electrons. The predicted octanol–water partition coefficient (Wildman–Crippen LogP) is 5.67. The molecule has 0 saturated heterocycles. The second-order valence-electron chi connectivity index (χ2n) is 8.80. The van der Waals surface area contributed by atoms with Crippen molar-refractivity contribution in [2.24, 2.45) is 0 Å². The number of hydrogen-bond acceptors (Lipinski definition) is 4. The second kappa shape index (κ2) is 10.5. The minimum absolute atomic E-state index is 0.154. The first-order valence-electron chi connectivity index (χ1n) is 11.7. The zero-order valence-corrected chi connectivity index (χ0v) is 20.5. The largest absolute Gasteiger partial charge is 0.333 e. The van der Waals surface area contributed by atoms with Crippen molar-refractivity contribution in [3.63, 3.8) is 0 Å². The highest BCUT2D eigenvalue weighted by molar-refractivity contribution is 6.30. The molecule has 1 amide bonds. The summed E-state index contributed by atoms with van der Waals surface area (Å²) < 4.78 is 29.2. The fourth-order valence-corrected chi connectivity index (χ4v) is 4.81. The molecule has 1 aliphatic rings. The van der Waals surface area contributed by atoms with Gasteiger partial charge in [-0.05, 0) is 53.6 Å². The summed E-state index contributed by atoms with van der Waals surface area (Å²) in [6, 6.07) is 14.6. The van der Waals surface area contributed by atoms with Crippen LogP contribution in [-0.4, -0.2) is 33.6 Å². The monoisotopic (exact) mass is 517 g/mol. The van der Waals surface area contributed by atoms with Gasteiger partial charge in [0.2, 0.25) is 5.95 Å². The molecule has 9 heteroatoms. The number of hydrogen-bond donors (Lipinski definition) is 1. The number of nitriles is 1. The van der Waals surface area contributed by atoms with Crippen molar-refractivity contribution in [1.82, 2.24) is 19.8 Å². The maximum Gasteiger partial charge on any atom is 0.326 e. The lowest BCUT2D eigenvalue weighted by atomic mass is 10.0. The van der Waals surface area contributed by atoms with Crippen LogP contribution < -0.4 is 5.32 Å². The van der Waals surface area contributed by atoms with Crippen LogP contribution in [0, 0.1) is 23.1 Å². The van der Waals surface area contributed by atoms with Gasteiger partial charge in [-0.3, -0.25) is 9.47 Å². The standard InChI is InChI=1S/C28H22ClF2N5O/c29-21-5-4-20(24(30)14-21)2-1-10-35-11-8-26-23(17-35)22-12-18(15-32)3-6-25(22)36(26)28(37)34-16-19-7-9-33-27(31)13-19/h1-7,9,12-14H,8,10-11,16-17H2,(H,34,37). The Morgan fingerprint density at radius 2 is 2.05 bits per heavy atom. The normalized spacial score (nSPS) is 13.6. The van der Waals surface area contributed by atoms with E-state index in [1.165, 1.54) is 18.3 Å². The summed E-state index contributed by atoms with van der Waals surface area (Å²) in [6.45, 7) is 2.02. The lowest BCUT2D eigenvalue weighted by Crippen LogP contribution is -2.34. The van der Waals surface area contributed by atoms with E-state index in [4.69, 9.17) is 11.6 Å². The number of fused-ring (bicyclic) bond motifs is 3. The van der Waals surface area contributed by atoms with Crippen LogP contribution in [0.5, 0.6) is 0 Å². The first-order valence-corrected chi connectivity index (χ1v) is 12.1. The Bertz CT molecular complexity index is 1570. The van der Waals surface area contributed by atoms with Gasteiger partial charge in [-0.15, -0.1) is 0 Å². The number of benzene rings is 2. The highest BCUT2D eigenvalue weighted by atomic mass is 35.5. The van der Waals surface area contributed by atoms with E-state index < -0.39 is 5.95 Å². The molecule has 5 rings (SSSR count). The fraction of sp³-hybridized carbons (Fsp3) is 0.179. The third-order valence-electron chi connectivity index (χ3n) is 6.42. The van der Waals surface area contributed by atoms with E-state index in [2.05, 4.69) is 21.3 Å². The molecule has 6 nitrogen and oxygen atoms in total. The van der Waals surface area contributed by atoms with Crippen LogP contribution >= 0.6 is 11.6 Å². The number of aromatic nitrogens is 2. The molecule has 0 unspecified atom stereocenters. The molecule has 0 fully saturated rings. The summed E-state index contributed by atoms with van der Waals surface area (Å²) in [5.41, 5.74) is 4.15. The van der Waals surface area contributed by atoms with Gasteiger partial charge in [0.25, 0.3) is 0 Å². The zero-order chi connectivity index (χ0) is 25.9. The smallest absolute Gasteiger partial charge is 0.326 e. The highest BCUT2D eigenvalue weighted by Gasteiger charge is 2.26. The lowest BCUT2D eigenvalue weighted by Gasteiger charge is -2.27. The Morgan fingerprint density at radius 1 is 1.19 bits per heavy atom. The van der Waals surface area contributed by atoms with Gasteiger partial charge in [-0.1, -0.05) is 29.8 Å². The Hall–Kier alpha value is -4.06. The maximum absolute atomic E-state index is 14.1. The molecule has 1 aliphatic heterocycles. The molecule has 0 spiro atoms. The molecule has 2 aromatic carbocycles. The molecule has 1 N–H and O–H groups in total. The molecule has 186 valence electrons. The first kappa shape index (κ1) is 24.6. The summed E-state index contributed by atoms with van der Waals surface area (Å²) in [4.78, 5) is 19.0. The molecular formula is C28H22ClF2N5O. The van der Waals surface area contributed by atoms with Crippen molar-refractivity contribution >= 4 is 34.6 Å². The Balaban J connectivity index is 1.39. The van der Waals surface area contributed by atoms with Gasteiger partial charge >= 0.3 is 6.03 Å². The van der Waals surface area contributed by atoms with Crippen molar-refractivity contribution in [3.05, 3.63) is 106 Å².